The molecule has 0 saturated carbocycles. The summed E-state index contributed by atoms with van der Waals surface area (Å²) in [4.78, 5) is 5.89. The van der Waals surface area contributed by atoms with Crippen molar-refractivity contribution in [3.63, 3.8) is 0 Å². The van der Waals surface area contributed by atoms with Crippen molar-refractivity contribution in [3.8, 4) is 6.07 Å². The molecule has 2 rings (SSSR count). The molecule has 0 fully saturated rings. The molecule has 108 valence electrons. The number of rotatable bonds is 4. The smallest absolute Gasteiger partial charge is 0.262 e. The highest BCUT2D eigenvalue weighted by Gasteiger charge is 2.17. The second-order valence-electron chi connectivity index (χ2n) is 4.51. The van der Waals surface area contributed by atoms with Gasteiger partial charge in [-0.3, -0.25) is 4.72 Å². The van der Waals surface area contributed by atoms with Gasteiger partial charge in [0.1, 0.15) is 0 Å². The molecule has 1 heterocycles. The topological polar surface area (TPSA) is 86.1 Å². The molecule has 0 atom stereocenters. The first-order valence-electron chi connectivity index (χ1n) is 6.09. The van der Waals surface area contributed by atoms with Crippen LogP contribution in [0.3, 0.4) is 0 Å². The minimum Gasteiger partial charge on any atom is -0.361 e. The molecule has 1 aromatic heterocycles. The molecule has 0 aliphatic carbocycles. The zero-order chi connectivity index (χ0) is 15.5. The lowest BCUT2D eigenvalue weighted by Crippen LogP contribution is -2.18. The number of aromatic nitrogens is 1. The van der Waals surface area contributed by atoms with Crippen molar-refractivity contribution in [2.75, 3.05) is 23.7 Å². The Kier molecular flexibility index (Phi) is 4.10. The summed E-state index contributed by atoms with van der Waals surface area (Å²) >= 11 is 0. The van der Waals surface area contributed by atoms with Gasteiger partial charge in [-0.1, -0.05) is 6.07 Å². The standard InChI is InChI=1S/C14H14N4O2S/c1-18(2)14-13(7-4-8-16-14)17-21(19,20)12-6-3-5-11(9-12)10-15/h3-9,17H,1-2H3. The van der Waals surface area contributed by atoms with Crippen molar-refractivity contribution in [1.82, 2.24) is 4.98 Å². The number of nitriles is 1. The third kappa shape index (κ3) is 3.30. The van der Waals surface area contributed by atoms with Gasteiger partial charge in [-0.15, -0.1) is 0 Å². The number of nitrogens with zero attached hydrogens (tertiary/aromatic N) is 3. The van der Waals surface area contributed by atoms with Crippen LogP contribution in [0.5, 0.6) is 0 Å². The van der Waals surface area contributed by atoms with Gasteiger partial charge in [-0.25, -0.2) is 13.4 Å². The number of hydrogen-bond acceptors (Lipinski definition) is 5. The molecule has 7 heteroatoms. The molecule has 0 unspecified atom stereocenters. The summed E-state index contributed by atoms with van der Waals surface area (Å²) in [7, 11) is -0.221. The lowest BCUT2D eigenvalue weighted by atomic mass is 10.2. The number of anilines is 2. The SMILES string of the molecule is CN(C)c1ncccc1NS(=O)(=O)c1cccc(C#N)c1. The highest BCUT2D eigenvalue weighted by molar-refractivity contribution is 7.92. The second kappa shape index (κ2) is 5.81. The fourth-order valence-electron chi connectivity index (χ4n) is 1.77. The zero-order valence-electron chi connectivity index (χ0n) is 11.6. The monoisotopic (exact) mass is 302 g/mol. The number of pyridine rings is 1. The first-order valence-corrected chi connectivity index (χ1v) is 7.57. The minimum atomic E-state index is -3.77. The van der Waals surface area contributed by atoms with E-state index in [-0.39, 0.29) is 10.5 Å². The van der Waals surface area contributed by atoms with Crippen LogP contribution < -0.4 is 9.62 Å². The van der Waals surface area contributed by atoms with E-state index in [9.17, 15) is 8.42 Å². The summed E-state index contributed by atoms with van der Waals surface area (Å²) in [6, 6.07) is 11.1. The number of nitrogens with one attached hydrogen (secondary N) is 1. The molecule has 0 spiro atoms. The summed E-state index contributed by atoms with van der Waals surface area (Å²) in [6.45, 7) is 0. The molecule has 0 saturated heterocycles. The highest BCUT2D eigenvalue weighted by atomic mass is 32.2. The van der Waals surface area contributed by atoms with Crippen LogP contribution in [0.15, 0.2) is 47.5 Å². The largest absolute Gasteiger partial charge is 0.361 e. The maximum Gasteiger partial charge on any atom is 0.262 e. The Morgan fingerprint density at radius 2 is 2.00 bits per heavy atom. The van der Waals surface area contributed by atoms with Crippen LogP contribution in [0.25, 0.3) is 0 Å². The highest BCUT2D eigenvalue weighted by Crippen LogP contribution is 2.24. The maximum atomic E-state index is 12.4. The van der Waals surface area contributed by atoms with Gasteiger partial charge in [0.05, 0.1) is 22.2 Å². The molecule has 21 heavy (non-hydrogen) atoms. The summed E-state index contributed by atoms with van der Waals surface area (Å²) in [5.41, 5.74) is 0.668. The van der Waals surface area contributed by atoms with E-state index in [1.807, 2.05) is 6.07 Å². The van der Waals surface area contributed by atoms with Crippen LogP contribution in [0.1, 0.15) is 5.56 Å². The summed E-state index contributed by atoms with van der Waals surface area (Å²) in [6.07, 6.45) is 1.59. The predicted molar refractivity (Wildman–Crippen MR) is 80.5 cm³/mol. The van der Waals surface area contributed by atoms with Gasteiger partial charge in [0.15, 0.2) is 5.82 Å². The van der Waals surface area contributed by atoms with E-state index in [2.05, 4.69) is 9.71 Å². The van der Waals surface area contributed by atoms with Gasteiger partial charge >= 0.3 is 0 Å². The van der Waals surface area contributed by atoms with E-state index in [1.165, 1.54) is 18.2 Å². The molecule has 6 nitrogen and oxygen atoms in total. The van der Waals surface area contributed by atoms with Gasteiger partial charge in [0.2, 0.25) is 0 Å². The summed E-state index contributed by atoms with van der Waals surface area (Å²) in [5, 5.41) is 8.85. The lowest BCUT2D eigenvalue weighted by molar-refractivity contribution is 0.601. The van der Waals surface area contributed by atoms with E-state index in [1.54, 1.807) is 43.4 Å². The average Bonchev–Trinajstić information content (AvgIpc) is 2.47. The van der Waals surface area contributed by atoms with Gasteiger partial charge in [0, 0.05) is 20.3 Å². The van der Waals surface area contributed by atoms with E-state index >= 15 is 0 Å². The molecule has 0 amide bonds. The molecule has 0 radical (unpaired) electrons. The molecule has 0 aliphatic rings. The van der Waals surface area contributed by atoms with Crippen molar-refractivity contribution in [2.45, 2.75) is 4.90 Å². The van der Waals surface area contributed by atoms with E-state index < -0.39 is 10.0 Å². The molecular formula is C14H14N4O2S. The molecule has 2 aromatic rings. The Morgan fingerprint density at radius 1 is 1.24 bits per heavy atom. The second-order valence-corrected chi connectivity index (χ2v) is 6.20. The van der Waals surface area contributed by atoms with Gasteiger partial charge in [-0.2, -0.15) is 5.26 Å². The van der Waals surface area contributed by atoms with Crippen molar-refractivity contribution >= 4 is 21.5 Å². The maximum absolute atomic E-state index is 12.4. The Labute approximate surface area is 123 Å². The summed E-state index contributed by atoms with van der Waals surface area (Å²) < 4.78 is 27.2. The van der Waals surface area contributed by atoms with Crippen LogP contribution in [0, 0.1) is 11.3 Å². The molecule has 1 N–H and O–H groups in total. The van der Waals surface area contributed by atoms with Crippen LogP contribution in [0.4, 0.5) is 11.5 Å². The minimum absolute atomic E-state index is 0.0371. The first kappa shape index (κ1) is 14.8. The van der Waals surface area contributed by atoms with E-state index in [0.29, 0.717) is 11.5 Å². The third-order valence-electron chi connectivity index (χ3n) is 2.73. The number of hydrogen-bond donors (Lipinski definition) is 1. The van der Waals surface area contributed by atoms with Crippen LogP contribution in [0.2, 0.25) is 0 Å². The van der Waals surface area contributed by atoms with Gasteiger partial charge in [-0.05, 0) is 30.3 Å². The number of benzene rings is 1. The average molecular weight is 302 g/mol. The Hall–Kier alpha value is -2.59. The summed E-state index contributed by atoms with van der Waals surface area (Å²) in [5.74, 6) is 0.512. The normalized spacial score (nSPS) is 10.7. The van der Waals surface area contributed by atoms with E-state index in [0.717, 1.165) is 0 Å². The Bertz CT molecular complexity index is 795. The van der Waals surface area contributed by atoms with Crippen molar-refractivity contribution in [1.29, 1.82) is 5.26 Å². The fourth-order valence-corrected chi connectivity index (χ4v) is 2.88. The Balaban J connectivity index is 2.41. The Morgan fingerprint density at radius 3 is 2.67 bits per heavy atom. The van der Waals surface area contributed by atoms with Crippen LogP contribution in [-0.4, -0.2) is 27.5 Å². The molecule has 1 aromatic carbocycles. The van der Waals surface area contributed by atoms with Crippen molar-refractivity contribution < 1.29 is 8.42 Å². The van der Waals surface area contributed by atoms with Crippen LogP contribution in [-0.2, 0) is 10.0 Å². The zero-order valence-corrected chi connectivity index (χ0v) is 12.4. The fraction of sp³-hybridized carbons (Fsp3) is 0.143. The lowest BCUT2D eigenvalue weighted by Gasteiger charge is -2.17. The number of sulfonamides is 1. The van der Waals surface area contributed by atoms with Gasteiger partial charge in [0.25, 0.3) is 10.0 Å². The van der Waals surface area contributed by atoms with E-state index in [4.69, 9.17) is 5.26 Å². The van der Waals surface area contributed by atoms with Crippen molar-refractivity contribution in [2.24, 2.45) is 0 Å². The molecule has 0 bridgehead atoms. The molecular weight excluding hydrogens is 288 g/mol. The third-order valence-corrected chi connectivity index (χ3v) is 4.09. The van der Waals surface area contributed by atoms with Crippen molar-refractivity contribution in [3.05, 3.63) is 48.2 Å². The van der Waals surface area contributed by atoms with Gasteiger partial charge < -0.3 is 4.90 Å². The van der Waals surface area contributed by atoms with Crippen LogP contribution >= 0.6 is 0 Å². The predicted octanol–water partition coefficient (Wildman–Crippen LogP) is 1.82. The quantitative estimate of drug-likeness (QED) is 0.931. The first-order chi connectivity index (χ1) is 9.94. The molecule has 0 aliphatic heterocycles.